The molecule has 1 N–H and O–H groups in total. The van der Waals surface area contributed by atoms with E-state index in [0.29, 0.717) is 11.8 Å². The Bertz CT molecular complexity index is 451. The molecule has 96 valence electrons. The molecule has 3 heteroatoms. The fourth-order valence-corrected chi connectivity index (χ4v) is 2.76. The summed E-state index contributed by atoms with van der Waals surface area (Å²) in [6, 6.07) is 10.3. The van der Waals surface area contributed by atoms with E-state index in [1.807, 2.05) is 23.1 Å². The first kappa shape index (κ1) is 11.7. The monoisotopic (exact) mass is 244 g/mol. The Hall–Kier alpha value is -1.35. The van der Waals surface area contributed by atoms with Gasteiger partial charge in [0.15, 0.2) is 0 Å². The van der Waals surface area contributed by atoms with E-state index in [0.717, 1.165) is 19.4 Å². The standard InChI is InChI=1S/C15H20N2O/c1-11(2)10-17-13(12-6-4-3-5-7-12)16-15(8-9-15)14(17)18/h3-7,11,13,16H,8-10H2,1-2H3. The van der Waals surface area contributed by atoms with Gasteiger partial charge >= 0.3 is 0 Å². The summed E-state index contributed by atoms with van der Waals surface area (Å²) in [7, 11) is 0. The third-order valence-electron chi connectivity index (χ3n) is 3.82. The third-order valence-corrected chi connectivity index (χ3v) is 3.82. The van der Waals surface area contributed by atoms with E-state index in [4.69, 9.17) is 0 Å². The second-order valence-electron chi connectivity index (χ2n) is 5.89. The lowest BCUT2D eigenvalue weighted by Crippen LogP contribution is -2.34. The van der Waals surface area contributed by atoms with Crippen LogP contribution in [-0.4, -0.2) is 22.9 Å². The highest BCUT2D eigenvalue weighted by atomic mass is 16.2. The first-order valence-corrected chi connectivity index (χ1v) is 6.76. The molecule has 3 nitrogen and oxygen atoms in total. The van der Waals surface area contributed by atoms with E-state index in [1.54, 1.807) is 0 Å². The van der Waals surface area contributed by atoms with Crippen LogP contribution in [0, 0.1) is 5.92 Å². The van der Waals surface area contributed by atoms with E-state index in [9.17, 15) is 4.79 Å². The number of hydrogen-bond acceptors (Lipinski definition) is 2. The summed E-state index contributed by atoms with van der Waals surface area (Å²) in [6.45, 7) is 5.15. The minimum Gasteiger partial charge on any atom is -0.321 e. The predicted octanol–water partition coefficient (Wildman–Crippen LogP) is 2.31. The largest absolute Gasteiger partial charge is 0.321 e. The molecule has 1 aliphatic heterocycles. The Kier molecular flexibility index (Phi) is 2.67. The molecule has 1 heterocycles. The van der Waals surface area contributed by atoms with Crippen LogP contribution in [0.2, 0.25) is 0 Å². The lowest BCUT2D eigenvalue weighted by atomic mass is 10.1. The number of nitrogens with zero attached hydrogens (tertiary/aromatic N) is 1. The maximum absolute atomic E-state index is 12.5. The Morgan fingerprint density at radius 3 is 2.56 bits per heavy atom. The Morgan fingerprint density at radius 1 is 1.33 bits per heavy atom. The van der Waals surface area contributed by atoms with Crippen molar-refractivity contribution in [2.45, 2.75) is 38.4 Å². The molecule has 1 saturated heterocycles. The van der Waals surface area contributed by atoms with Crippen LogP contribution in [0.1, 0.15) is 38.4 Å². The molecule has 18 heavy (non-hydrogen) atoms. The van der Waals surface area contributed by atoms with Crippen molar-refractivity contribution in [3.63, 3.8) is 0 Å². The Labute approximate surface area is 108 Å². The van der Waals surface area contributed by atoms with Crippen molar-refractivity contribution in [1.82, 2.24) is 10.2 Å². The summed E-state index contributed by atoms with van der Waals surface area (Å²) in [5.74, 6) is 0.793. The predicted molar refractivity (Wildman–Crippen MR) is 70.8 cm³/mol. The molecule has 0 bridgehead atoms. The number of rotatable bonds is 3. The molecule has 1 amide bonds. The van der Waals surface area contributed by atoms with Gasteiger partial charge in [-0.3, -0.25) is 10.1 Å². The quantitative estimate of drug-likeness (QED) is 0.885. The smallest absolute Gasteiger partial charge is 0.244 e. The summed E-state index contributed by atoms with van der Waals surface area (Å²) in [5, 5.41) is 3.54. The van der Waals surface area contributed by atoms with Gasteiger partial charge < -0.3 is 4.90 Å². The van der Waals surface area contributed by atoms with Crippen molar-refractivity contribution in [2.75, 3.05) is 6.54 Å². The zero-order chi connectivity index (χ0) is 12.8. The van der Waals surface area contributed by atoms with Crippen LogP contribution in [-0.2, 0) is 4.79 Å². The van der Waals surface area contributed by atoms with Crippen molar-refractivity contribution in [1.29, 1.82) is 0 Å². The maximum Gasteiger partial charge on any atom is 0.244 e. The Morgan fingerprint density at radius 2 is 2.00 bits per heavy atom. The normalized spacial score (nSPS) is 25.2. The Balaban J connectivity index is 1.90. The molecular formula is C15H20N2O. The molecule has 2 fully saturated rings. The van der Waals surface area contributed by atoms with E-state index in [2.05, 4.69) is 31.3 Å². The van der Waals surface area contributed by atoms with Crippen molar-refractivity contribution < 1.29 is 4.79 Å². The van der Waals surface area contributed by atoms with Crippen LogP contribution in [0.25, 0.3) is 0 Å². The highest BCUT2D eigenvalue weighted by Gasteiger charge is 2.59. The second-order valence-corrected chi connectivity index (χ2v) is 5.89. The minimum absolute atomic E-state index is 0.0589. The first-order chi connectivity index (χ1) is 8.62. The van der Waals surface area contributed by atoms with Gasteiger partial charge in [0.1, 0.15) is 11.7 Å². The molecule has 1 aliphatic carbocycles. The number of benzene rings is 1. The second kappa shape index (κ2) is 4.09. The molecule has 0 aromatic heterocycles. The average Bonchev–Trinajstić information content (AvgIpc) is 3.09. The lowest BCUT2D eigenvalue weighted by molar-refractivity contribution is -0.131. The van der Waals surface area contributed by atoms with Gasteiger partial charge in [0.2, 0.25) is 5.91 Å². The van der Waals surface area contributed by atoms with Crippen LogP contribution in [0.5, 0.6) is 0 Å². The van der Waals surface area contributed by atoms with Crippen LogP contribution in [0.4, 0.5) is 0 Å². The van der Waals surface area contributed by atoms with Crippen molar-refractivity contribution in [3.8, 4) is 0 Å². The zero-order valence-electron chi connectivity index (χ0n) is 11.0. The average molecular weight is 244 g/mol. The topological polar surface area (TPSA) is 32.3 Å². The molecular weight excluding hydrogens is 224 g/mol. The molecule has 1 atom stereocenters. The highest BCUT2D eigenvalue weighted by Crippen LogP contribution is 2.46. The van der Waals surface area contributed by atoms with Gasteiger partial charge in [-0.15, -0.1) is 0 Å². The van der Waals surface area contributed by atoms with E-state index >= 15 is 0 Å². The number of amides is 1. The maximum atomic E-state index is 12.5. The molecule has 0 radical (unpaired) electrons. The van der Waals surface area contributed by atoms with Crippen LogP contribution in [0.3, 0.4) is 0 Å². The number of hydrogen-bond donors (Lipinski definition) is 1. The van der Waals surface area contributed by atoms with Crippen molar-refractivity contribution in [2.24, 2.45) is 5.92 Å². The number of carbonyl (C=O) groups is 1. The van der Waals surface area contributed by atoms with Gasteiger partial charge in [0, 0.05) is 6.54 Å². The summed E-state index contributed by atoms with van der Waals surface area (Å²) in [6.07, 6.45) is 2.04. The van der Waals surface area contributed by atoms with Gasteiger partial charge in [0.25, 0.3) is 0 Å². The van der Waals surface area contributed by atoms with E-state index in [-0.39, 0.29) is 11.7 Å². The van der Waals surface area contributed by atoms with Gasteiger partial charge in [0.05, 0.1) is 0 Å². The molecule has 1 aromatic carbocycles. The molecule has 1 aromatic rings. The third kappa shape index (κ3) is 1.83. The zero-order valence-corrected chi connectivity index (χ0v) is 11.0. The van der Waals surface area contributed by atoms with Gasteiger partial charge in [-0.1, -0.05) is 44.2 Å². The van der Waals surface area contributed by atoms with E-state index < -0.39 is 0 Å². The fourth-order valence-electron chi connectivity index (χ4n) is 2.76. The van der Waals surface area contributed by atoms with Crippen molar-refractivity contribution >= 4 is 5.91 Å². The van der Waals surface area contributed by atoms with Gasteiger partial charge in [-0.25, -0.2) is 0 Å². The minimum atomic E-state index is -0.227. The van der Waals surface area contributed by atoms with E-state index in [1.165, 1.54) is 5.56 Å². The molecule has 3 rings (SSSR count). The SMILES string of the molecule is CC(C)CN1C(=O)C2(CC2)NC1c1ccccc1. The van der Waals surface area contributed by atoms with Gasteiger partial charge in [-0.2, -0.15) is 0 Å². The summed E-state index contributed by atoms with van der Waals surface area (Å²) in [5.41, 5.74) is 0.963. The fraction of sp³-hybridized carbons (Fsp3) is 0.533. The van der Waals surface area contributed by atoms with Crippen LogP contribution in [0.15, 0.2) is 30.3 Å². The molecule has 1 unspecified atom stereocenters. The van der Waals surface area contributed by atoms with Crippen LogP contribution >= 0.6 is 0 Å². The summed E-state index contributed by atoms with van der Waals surface area (Å²) >= 11 is 0. The molecule has 1 spiro atoms. The summed E-state index contributed by atoms with van der Waals surface area (Å²) in [4.78, 5) is 14.5. The lowest BCUT2D eigenvalue weighted by Gasteiger charge is -2.26. The number of carbonyl (C=O) groups excluding carboxylic acids is 1. The number of nitrogens with one attached hydrogen (secondary N) is 1. The first-order valence-electron chi connectivity index (χ1n) is 6.76. The molecule has 2 aliphatic rings. The van der Waals surface area contributed by atoms with Gasteiger partial charge in [-0.05, 0) is 24.3 Å². The van der Waals surface area contributed by atoms with Crippen molar-refractivity contribution in [3.05, 3.63) is 35.9 Å². The molecule has 1 saturated carbocycles. The highest BCUT2D eigenvalue weighted by molar-refractivity contribution is 5.92. The van der Waals surface area contributed by atoms with Crippen LogP contribution < -0.4 is 5.32 Å². The summed E-state index contributed by atoms with van der Waals surface area (Å²) < 4.78 is 0.